The highest BCUT2D eigenvalue weighted by Crippen LogP contribution is 2.62. The Labute approximate surface area is 379 Å². The van der Waals surface area contributed by atoms with E-state index in [4.69, 9.17) is 0 Å². The van der Waals surface area contributed by atoms with Gasteiger partial charge in [0.15, 0.2) is 0 Å². The van der Waals surface area contributed by atoms with Crippen LogP contribution in [0.2, 0.25) is 0 Å². The molecule has 16 heteroatoms. The molecule has 342 valence electrons. The van der Waals surface area contributed by atoms with E-state index in [0.29, 0.717) is 21.2 Å². The fraction of sp³-hybridized carbons (Fsp3) is 0.375. The Hall–Kier alpha value is -3.86. The van der Waals surface area contributed by atoms with Crippen LogP contribution in [0.25, 0.3) is 22.3 Å². The van der Waals surface area contributed by atoms with E-state index in [0.717, 1.165) is 27.8 Å². The van der Waals surface area contributed by atoms with Crippen LogP contribution in [-0.2, 0) is 21.7 Å². The van der Waals surface area contributed by atoms with Gasteiger partial charge in [-0.1, -0.05) is 134 Å². The summed E-state index contributed by atoms with van der Waals surface area (Å²) < 4.78 is 171. The second kappa shape index (κ2) is 15.9. The van der Waals surface area contributed by atoms with Crippen molar-refractivity contribution in [2.45, 2.75) is 101 Å². The summed E-state index contributed by atoms with van der Waals surface area (Å²) in [5.74, 6) is 0. The van der Waals surface area contributed by atoms with E-state index in [2.05, 4.69) is 73.4 Å². The number of fused-ring (bicyclic) bond motifs is 6. The van der Waals surface area contributed by atoms with Gasteiger partial charge in [0.25, 0.3) is 0 Å². The largest absolute Gasteiger partial charge is 0.467 e. The number of hydrogen-bond acceptors (Lipinski definition) is 2. The van der Waals surface area contributed by atoms with Crippen molar-refractivity contribution < 1.29 is 52.7 Å². The number of hydrogen-bond donors (Lipinski definition) is 0. The zero-order valence-corrected chi connectivity index (χ0v) is 38.4. The maximum Gasteiger partial charge on any atom is 0.467 e. The highest BCUT2D eigenvalue weighted by Gasteiger charge is 2.58. The van der Waals surface area contributed by atoms with Gasteiger partial charge in [-0.25, -0.2) is 0 Å². The monoisotopic (exact) mass is 1030 g/mol. The molecule has 2 aliphatic rings. The van der Waals surface area contributed by atoms with Crippen LogP contribution in [0.5, 0.6) is 0 Å². The molecule has 0 unspecified atom stereocenters. The van der Waals surface area contributed by atoms with Gasteiger partial charge in [-0.3, -0.25) is 0 Å². The van der Waals surface area contributed by atoms with Gasteiger partial charge in [-0.05, 0) is 127 Å². The molecule has 5 aromatic rings. The Morgan fingerprint density at radius 2 is 0.719 bits per heavy atom. The molecular formula is C48H42Br2F12N2. The third-order valence-electron chi connectivity index (χ3n) is 12.7. The summed E-state index contributed by atoms with van der Waals surface area (Å²) in [5, 5.41) is 0. The van der Waals surface area contributed by atoms with E-state index in [-0.39, 0.29) is 37.6 Å². The predicted molar refractivity (Wildman–Crippen MR) is 230 cm³/mol. The quantitative estimate of drug-likeness (QED) is 0.111. The maximum absolute atomic E-state index is 14.2. The summed E-state index contributed by atoms with van der Waals surface area (Å²) in [7, 11) is 0. The molecule has 0 bridgehead atoms. The van der Waals surface area contributed by atoms with E-state index in [1.54, 1.807) is 30.3 Å². The van der Waals surface area contributed by atoms with Crippen molar-refractivity contribution >= 4 is 31.9 Å². The van der Waals surface area contributed by atoms with Crippen LogP contribution in [0, 0.1) is 0 Å². The Balaban J connectivity index is 1.58. The Bertz CT molecular complexity index is 2440. The van der Waals surface area contributed by atoms with Crippen molar-refractivity contribution in [2.75, 3.05) is 13.1 Å². The van der Waals surface area contributed by atoms with Gasteiger partial charge >= 0.3 is 25.2 Å². The molecule has 0 aliphatic heterocycles. The minimum atomic E-state index is -5.99. The van der Waals surface area contributed by atoms with E-state index in [1.807, 2.05) is 54.6 Å². The van der Waals surface area contributed by atoms with Crippen LogP contribution in [0.15, 0.2) is 106 Å². The lowest BCUT2D eigenvalue weighted by atomic mass is 9.66. The first-order valence-corrected chi connectivity index (χ1v) is 21.7. The Kier molecular flexibility index (Phi) is 11.9. The van der Waals surface area contributed by atoms with E-state index in [1.165, 1.54) is 12.1 Å². The Morgan fingerprint density at radius 3 is 1.09 bits per heavy atom. The second-order valence-corrected chi connectivity index (χ2v) is 20.3. The zero-order chi connectivity index (χ0) is 47.4. The second-order valence-electron chi connectivity index (χ2n) is 18.5. The molecular weight excluding hydrogens is 992 g/mol. The zero-order valence-electron chi connectivity index (χ0n) is 35.3. The minimum absolute atomic E-state index is 0.00350. The standard InChI is InChI=1S/C48H42Br2F12N2/c1-41(2,3)27-7-11-29(12-8-27)44(30-13-9-28(10-14-30)42(4,5)6)39-24-32(50)16-18-34(39)36-25-38-35(26-40(36)44)33-17-15-31(49)23-37(33)43(38,19-21-63(45(51,52)53)46(54,55)56)20-22-64(47(57,58)59)48(60,61)62/h7-18,23-26H,19-22H2,1-6H3. The first-order chi connectivity index (χ1) is 29.3. The molecule has 0 amide bonds. The van der Waals surface area contributed by atoms with Gasteiger partial charge < -0.3 is 0 Å². The molecule has 64 heavy (non-hydrogen) atoms. The normalized spacial score (nSPS) is 16.0. The van der Waals surface area contributed by atoms with Gasteiger partial charge in [0.05, 0.1) is 5.41 Å². The van der Waals surface area contributed by atoms with Crippen molar-refractivity contribution in [2.24, 2.45) is 0 Å². The number of halogens is 14. The molecule has 0 fully saturated rings. The molecule has 2 nitrogen and oxygen atoms in total. The summed E-state index contributed by atoms with van der Waals surface area (Å²) >= 11 is 6.94. The van der Waals surface area contributed by atoms with Crippen molar-refractivity contribution in [1.82, 2.24) is 9.80 Å². The molecule has 0 heterocycles. The van der Waals surface area contributed by atoms with Gasteiger partial charge in [0.2, 0.25) is 0 Å². The van der Waals surface area contributed by atoms with Gasteiger partial charge in [-0.15, -0.1) is 9.80 Å². The first-order valence-electron chi connectivity index (χ1n) is 20.2. The molecule has 0 aromatic heterocycles. The fourth-order valence-corrected chi connectivity index (χ4v) is 10.3. The molecule has 0 radical (unpaired) electrons. The predicted octanol–water partition coefficient (Wildman–Crippen LogP) is 15.9. The van der Waals surface area contributed by atoms with E-state index in [9.17, 15) is 52.7 Å². The average molecular weight is 1030 g/mol. The lowest BCUT2D eigenvalue weighted by Crippen LogP contribution is -2.51. The van der Waals surface area contributed by atoms with Gasteiger partial charge in [-0.2, -0.15) is 52.7 Å². The smallest absolute Gasteiger partial charge is 0.155 e. The van der Waals surface area contributed by atoms with Crippen LogP contribution < -0.4 is 0 Å². The molecule has 0 atom stereocenters. The van der Waals surface area contributed by atoms with Gasteiger partial charge in [0.1, 0.15) is 0 Å². The van der Waals surface area contributed by atoms with E-state index < -0.39 is 71.8 Å². The number of alkyl halides is 12. The molecule has 7 rings (SSSR count). The van der Waals surface area contributed by atoms with Crippen molar-refractivity contribution in [3.05, 3.63) is 151 Å². The molecule has 0 spiro atoms. The minimum Gasteiger partial charge on any atom is -0.155 e. The third-order valence-corrected chi connectivity index (χ3v) is 13.6. The number of rotatable bonds is 8. The van der Waals surface area contributed by atoms with Crippen molar-refractivity contribution in [3.8, 4) is 22.3 Å². The van der Waals surface area contributed by atoms with E-state index >= 15 is 0 Å². The highest BCUT2D eigenvalue weighted by molar-refractivity contribution is 9.10. The van der Waals surface area contributed by atoms with Gasteiger partial charge in [0, 0.05) is 27.4 Å². The first kappa shape index (κ1) is 48.1. The molecule has 0 saturated heterocycles. The summed E-state index contributed by atoms with van der Waals surface area (Å²) in [6, 6.07) is 29.3. The lowest BCUT2D eigenvalue weighted by molar-refractivity contribution is -0.373. The van der Waals surface area contributed by atoms with Crippen LogP contribution >= 0.6 is 31.9 Å². The van der Waals surface area contributed by atoms with Crippen LogP contribution in [0.3, 0.4) is 0 Å². The van der Waals surface area contributed by atoms with Crippen molar-refractivity contribution in [1.29, 1.82) is 0 Å². The van der Waals surface area contributed by atoms with Crippen LogP contribution in [0.1, 0.15) is 98.9 Å². The van der Waals surface area contributed by atoms with Crippen LogP contribution in [0.4, 0.5) is 52.7 Å². The summed E-state index contributed by atoms with van der Waals surface area (Å²) in [5.41, 5.74) is 2.76. The molecule has 2 aliphatic carbocycles. The third kappa shape index (κ3) is 8.42. The average Bonchev–Trinajstić information content (AvgIpc) is 3.57. The SMILES string of the molecule is CC(C)(C)c1ccc(C2(c3ccc(C(C)(C)C)cc3)c3cc(Br)ccc3-c3cc4c(cc32)-c2ccc(Br)cc2C4(CCN(C(F)(F)F)C(F)(F)F)CCN(C(F)(F)F)C(F)(F)F)cc1. The molecule has 0 saturated carbocycles. The summed E-state index contributed by atoms with van der Waals surface area (Å²) in [4.78, 5) is -3.40. The van der Waals surface area contributed by atoms with Crippen molar-refractivity contribution in [3.63, 3.8) is 0 Å². The summed E-state index contributed by atoms with van der Waals surface area (Å²) in [6.07, 6.45) is -26.3. The maximum atomic E-state index is 14.2. The highest BCUT2D eigenvalue weighted by atomic mass is 79.9. The summed E-state index contributed by atoms with van der Waals surface area (Å²) in [6.45, 7) is 8.73. The molecule has 0 N–H and O–H groups in total. The lowest BCUT2D eigenvalue weighted by Gasteiger charge is -2.38. The number of benzene rings is 5. The topological polar surface area (TPSA) is 6.48 Å². The Morgan fingerprint density at radius 1 is 0.406 bits per heavy atom. The fourth-order valence-electron chi connectivity index (χ4n) is 9.54. The molecule has 5 aromatic carbocycles. The number of nitrogens with zero attached hydrogens (tertiary/aromatic N) is 2. The van der Waals surface area contributed by atoms with Crippen LogP contribution in [-0.4, -0.2) is 48.1 Å².